The van der Waals surface area contributed by atoms with Crippen molar-refractivity contribution in [3.63, 3.8) is 0 Å². The molecule has 0 saturated heterocycles. The van der Waals surface area contributed by atoms with Gasteiger partial charge in [-0.1, -0.05) is 20.8 Å². The number of aryl methyl sites for hydroxylation is 1. The van der Waals surface area contributed by atoms with Gasteiger partial charge in [0.1, 0.15) is 11.6 Å². The summed E-state index contributed by atoms with van der Waals surface area (Å²) in [6.07, 6.45) is 1.36. The van der Waals surface area contributed by atoms with Gasteiger partial charge in [-0.25, -0.2) is 4.98 Å². The van der Waals surface area contributed by atoms with E-state index >= 15 is 0 Å². The molecule has 3 N–H and O–H groups in total. The second-order valence-corrected chi connectivity index (χ2v) is 5.31. The Morgan fingerprint density at radius 1 is 1.47 bits per heavy atom. The molecule has 1 aromatic rings. The third kappa shape index (κ3) is 4.88. The quantitative estimate of drug-likeness (QED) is 0.682. The van der Waals surface area contributed by atoms with Gasteiger partial charge in [-0.15, -0.1) is 0 Å². The topological polar surface area (TPSA) is 91.7 Å². The third-order valence-electron chi connectivity index (χ3n) is 2.55. The predicted octanol–water partition coefficient (Wildman–Crippen LogP) is 0.765. The van der Waals surface area contributed by atoms with Crippen LogP contribution in [-0.2, 0) is 4.79 Å². The van der Waals surface area contributed by atoms with Gasteiger partial charge < -0.3 is 20.0 Å². The van der Waals surface area contributed by atoms with E-state index in [1.807, 2.05) is 20.8 Å². The highest BCUT2D eigenvalue weighted by atomic mass is 16.6. The fourth-order valence-electron chi connectivity index (χ4n) is 1.35. The molecule has 0 spiro atoms. The summed E-state index contributed by atoms with van der Waals surface area (Å²) in [5.41, 5.74) is 0.352. The summed E-state index contributed by atoms with van der Waals surface area (Å²) in [5.74, 6) is 0.900. The number of nitrogens with zero attached hydrogens (tertiary/aromatic N) is 1. The van der Waals surface area contributed by atoms with Crippen LogP contribution in [-0.4, -0.2) is 34.7 Å². The summed E-state index contributed by atoms with van der Waals surface area (Å²) in [6.45, 7) is 7.55. The number of Topliss-reactive ketones (excluding diaryl/α,β-unsaturated/α-hetero) is 1. The van der Waals surface area contributed by atoms with Crippen LogP contribution in [0.25, 0.3) is 0 Å². The van der Waals surface area contributed by atoms with Crippen molar-refractivity contribution < 1.29 is 19.5 Å². The van der Waals surface area contributed by atoms with E-state index in [-0.39, 0.29) is 18.1 Å². The molecule has 0 aromatic carbocycles. The zero-order valence-electron chi connectivity index (χ0n) is 11.6. The number of ketones is 1. The molecule has 0 bridgehead atoms. The minimum absolute atomic E-state index is 0.0832. The number of hydrogen-bond acceptors (Lipinski definition) is 6. The first-order chi connectivity index (χ1) is 8.70. The molecule has 0 saturated carbocycles. The van der Waals surface area contributed by atoms with Crippen LogP contribution in [0.15, 0.2) is 12.3 Å². The first-order valence-electron chi connectivity index (χ1n) is 5.97. The lowest BCUT2D eigenvalue weighted by molar-refractivity contribution is -0.124. The van der Waals surface area contributed by atoms with Crippen LogP contribution in [0, 0.1) is 12.3 Å². The van der Waals surface area contributed by atoms with Crippen molar-refractivity contribution in [1.82, 2.24) is 4.98 Å². The van der Waals surface area contributed by atoms with Crippen molar-refractivity contribution in [3.05, 3.63) is 17.8 Å². The minimum atomic E-state index is -1.87. The van der Waals surface area contributed by atoms with Crippen molar-refractivity contribution in [2.24, 2.45) is 5.41 Å². The second-order valence-electron chi connectivity index (χ2n) is 5.31. The number of carbonyl (C=O) groups excluding carboxylic acids is 1. The molecule has 0 aliphatic rings. The first kappa shape index (κ1) is 15.5. The highest BCUT2D eigenvalue weighted by molar-refractivity contribution is 6.33. The van der Waals surface area contributed by atoms with Crippen molar-refractivity contribution >= 4 is 18.9 Å². The van der Waals surface area contributed by atoms with Crippen molar-refractivity contribution in [2.75, 3.05) is 11.9 Å². The molecule has 0 unspecified atom stereocenters. The lowest BCUT2D eigenvalue weighted by Gasteiger charge is -2.17. The Kier molecular flexibility index (Phi) is 4.91. The maximum atomic E-state index is 11.8. The first-order valence-corrected chi connectivity index (χ1v) is 5.97. The maximum Gasteiger partial charge on any atom is 0.707 e. The molecular formula is C12H19BN2O4. The molecular weight excluding hydrogens is 247 g/mol. The van der Waals surface area contributed by atoms with Crippen LogP contribution in [0.4, 0.5) is 5.82 Å². The van der Waals surface area contributed by atoms with Crippen LogP contribution in [0.1, 0.15) is 26.3 Å². The van der Waals surface area contributed by atoms with Crippen LogP contribution in [0.2, 0.25) is 0 Å². The number of anilines is 1. The van der Waals surface area contributed by atoms with Crippen molar-refractivity contribution in [3.8, 4) is 5.75 Å². The molecule has 1 heterocycles. The Bertz CT molecular complexity index is 458. The fourth-order valence-corrected chi connectivity index (χ4v) is 1.35. The van der Waals surface area contributed by atoms with Gasteiger partial charge in [0, 0.05) is 5.41 Å². The highest BCUT2D eigenvalue weighted by Gasteiger charge is 2.21. The zero-order chi connectivity index (χ0) is 14.6. The van der Waals surface area contributed by atoms with E-state index in [4.69, 9.17) is 10.0 Å². The lowest BCUT2D eigenvalue weighted by Crippen LogP contribution is -2.27. The molecule has 0 amide bonds. The Hall–Kier alpha value is -1.60. The molecule has 0 aliphatic heterocycles. The average molecular weight is 266 g/mol. The van der Waals surface area contributed by atoms with Crippen LogP contribution in [0.3, 0.4) is 0 Å². The molecule has 0 atom stereocenters. The molecule has 0 aliphatic carbocycles. The third-order valence-corrected chi connectivity index (χ3v) is 2.55. The molecule has 1 rings (SSSR count). The van der Waals surface area contributed by atoms with Crippen molar-refractivity contribution in [2.45, 2.75) is 27.7 Å². The summed E-state index contributed by atoms with van der Waals surface area (Å²) >= 11 is 0. The van der Waals surface area contributed by atoms with E-state index in [2.05, 4.69) is 15.0 Å². The molecule has 1 aromatic heterocycles. The molecule has 6 nitrogen and oxygen atoms in total. The van der Waals surface area contributed by atoms with Gasteiger partial charge in [-0.3, -0.25) is 4.79 Å². The minimum Gasteiger partial charge on any atom is -0.511 e. The standard InChI is InChI=1S/C12H19BN2O4/c1-8-5-9(19-13(17)18)6-14-11(8)15-7-10(16)12(2,3)4/h5-6,17-18H,7H2,1-4H3,(H,14,15). The fraction of sp³-hybridized carbons (Fsp3) is 0.500. The summed E-state index contributed by atoms with van der Waals surface area (Å²) in [5, 5.41) is 20.3. The summed E-state index contributed by atoms with van der Waals surface area (Å²) < 4.78 is 4.68. The predicted molar refractivity (Wildman–Crippen MR) is 72.7 cm³/mol. The van der Waals surface area contributed by atoms with Gasteiger partial charge in [0.25, 0.3) is 0 Å². The monoisotopic (exact) mass is 266 g/mol. The maximum absolute atomic E-state index is 11.8. The Labute approximate surface area is 113 Å². The van der Waals surface area contributed by atoms with Gasteiger partial charge in [0.15, 0.2) is 5.78 Å². The highest BCUT2D eigenvalue weighted by Crippen LogP contribution is 2.19. The molecule has 0 fully saturated rings. The number of hydrogen-bond donors (Lipinski definition) is 3. The van der Waals surface area contributed by atoms with Crippen LogP contribution < -0.4 is 9.97 Å². The summed E-state index contributed by atoms with van der Waals surface area (Å²) in [4.78, 5) is 15.9. The number of pyridine rings is 1. The van der Waals surface area contributed by atoms with E-state index < -0.39 is 12.7 Å². The number of aromatic nitrogens is 1. The van der Waals surface area contributed by atoms with E-state index in [0.29, 0.717) is 5.82 Å². The SMILES string of the molecule is Cc1cc(OB(O)O)cnc1NCC(=O)C(C)(C)C. The Balaban J connectivity index is 2.68. The normalized spacial score (nSPS) is 11.1. The number of carbonyl (C=O) groups is 1. The van der Waals surface area contributed by atoms with E-state index in [1.165, 1.54) is 6.20 Å². The number of rotatable bonds is 5. The van der Waals surface area contributed by atoms with Crippen molar-refractivity contribution in [1.29, 1.82) is 0 Å². The van der Waals surface area contributed by atoms with Gasteiger partial charge >= 0.3 is 7.32 Å². The van der Waals surface area contributed by atoms with Gasteiger partial charge in [-0.05, 0) is 18.6 Å². The molecule has 7 heteroatoms. The van der Waals surface area contributed by atoms with Gasteiger partial charge in [0.2, 0.25) is 0 Å². The second kappa shape index (κ2) is 6.03. The van der Waals surface area contributed by atoms with E-state index in [0.717, 1.165) is 5.56 Å². The van der Waals surface area contributed by atoms with Crippen LogP contribution >= 0.6 is 0 Å². The van der Waals surface area contributed by atoms with Gasteiger partial charge in [-0.2, -0.15) is 0 Å². The van der Waals surface area contributed by atoms with E-state index in [1.54, 1.807) is 13.0 Å². The molecule has 104 valence electrons. The smallest absolute Gasteiger partial charge is 0.511 e. The summed E-state index contributed by atoms with van der Waals surface area (Å²) in [7, 11) is -1.87. The Morgan fingerprint density at radius 3 is 2.58 bits per heavy atom. The lowest BCUT2D eigenvalue weighted by atomic mass is 9.91. The molecule has 19 heavy (non-hydrogen) atoms. The summed E-state index contributed by atoms with van der Waals surface area (Å²) in [6, 6.07) is 1.61. The average Bonchev–Trinajstić information content (AvgIpc) is 2.25. The molecule has 0 radical (unpaired) electrons. The van der Waals surface area contributed by atoms with Crippen LogP contribution in [0.5, 0.6) is 5.75 Å². The van der Waals surface area contributed by atoms with Gasteiger partial charge in [0.05, 0.1) is 12.7 Å². The zero-order valence-corrected chi connectivity index (χ0v) is 11.6. The number of nitrogens with one attached hydrogen (secondary N) is 1. The van der Waals surface area contributed by atoms with E-state index in [9.17, 15) is 4.79 Å². The Morgan fingerprint density at radius 2 is 2.11 bits per heavy atom. The largest absolute Gasteiger partial charge is 0.707 e.